The lowest BCUT2D eigenvalue weighted by molar-refractivity contribution is -0.135. The van der Waals surface area contributed by atoms with Gasteiger partial charge in [-0.2, -0.15) is 0 Å². The van der Waals surface area contributed by atoms with E-state index in [-0.39, 0.29) is 17.0 Å². The third kappa shape index (κ3) is 4.43. The Bertz CT molecular complexity index is 439. The maximum Gasteiger partial charge on any atom is 0.371 e. The molecule has 0 aliphatic carbocycles. The van der Waals surface area contributed by atoms with Gasteiger partial charge in [0.2, 0.25) is 22.0 Å². The van der Waals surface area contributed by atoms with Gasteiger partial charge in [0.1, 0.15) is 0 Å². The molecule has 0 bridgehead atoms. The van der Waals surface area contributed by atoms with E-state index in [2.05, 4.69) is 0 Å². The SMILES string of the molecule is O=C(/C=C(\O)C(=O)O)C[CH]([AlH2])c1ccccc1. The summed E-state index contributed by atoms with van der Waals surface area (Å²) in [5.41, 5.74) is 1.07. The molecule has 88 valence electrons. The molecule has 0 spiro atoms. The summed E-state index contributed by atoms with van der Waals surface area (Å²) in [6, 6.07) is 9.57. The molecule has 0 amide bonds. The number of benzene rings is 1. The van der Waals surface area contributed by atoms with E-state index in [9.17, 15) is 9.59 Å². The topological polar surface area (TPSA) is 74.6 Å². The number of aliphatic hydroxyl groups is 1. The Morgan fingerprint density at radius 2 is 1.82 bits per heavy atom. The fraction of sp³-hybridized carbons (Fsp3) is 0.167. The summed E-state index contributed by atoms with van der Waals surface area (Å²) in [7, 11) is 0. The minimum absolute atomic E-state index is 0.126. The second-order valence-corrected chi connectivity index (χ2v) is 5.21. The Kier molecular flexibility index (Phi) is 4.95. The quantitative estimate of drug-likeness (QED) is 0.460. The second kappa shape index (κ2) is 6.24. The average molecular weight is 248 g/mol. The first-order valence-electron chi connectivity index (χ1n) is 5.22. The van der Waals surface area contributed by atoms with Crippen LogP contribution < -0.4 is 0 Å². The van der Waals surface area contributed by atoms with Crippen LogP contribution in [0.4, 0.5) is 0 Å². The van der Waals surface area contributed by atoms with E-state index in [4.69, 9.17) is 10.2 Å². The van der Waals surface area contributed by atoms with Crippen molar-refractivity contribution in [1.29, 1.82) is 0 Å². The lowest BCUT2D eigenvalue weighted by atomic mass is 10.1. The van der Waals surface area contributed by atoms with Crippen LogP contribution in [0.3, 0.4) is 0 Å². The van der Waals surface area contributed by atoms with Gasteiger partial charge in [-0.05, 0) is 0 Å². The van der Waals surface area contributed by atoms with Crippen LogP contribution >= 0.6 is 0 Å². The molecule has 1 aromatic carbocycles. The number of allylic oxidation sites excluding steroid dienone is 1. The molecule has 0 saturated carbocycles. The van der Waals surface area contributed by atoms with Crippen molar-refractivity contribution in [2.45, 2.75) is 11.2 Å². The number of aliphatic carboxylic acids is 1. The minimum Gasteiger partial charge on any atom is -0.502 e. The van der Waals surface area contributed by atoms with Gasteiger partial charge in [-0.25, -0.2) is 4.79 Å². The van der Waals surface area contributed by atoms with E-state index in [1.54, 1.807) is 0 Å². The lowest BCUT2D eigenvalue weighted by Crippen LogP contribution is -2.08. The predicted octanol–water partition coefficient (Wildman–Crippen LogP) is 0.847. The Labute approximate surface area is 107 Å². The van der Waals surface area contributed by atoms with E-state index in [0.717, 1.165) is 27.9 Å². The number of carbonyl (C=O) groups is 2. The van der Waals surface area contributed by atoms with Crippen molar-refractivity contribution in [3.05, 3.63) is 47.7 Å². The first-order chi connectivity index (χ1) is 8.00. The second-order valence-electron chi connectivity index (χ2n) is 3.82. The number of hydrogen-bond donors (Lipinski definition) is 2. The van der Waals surface area contributed by atoms with Crippen molar-refractivity contribution >= 4 is 28.0 Å². The fourth-order valence-corrected chi connectivity index (χ4v) is 2.26. The highest BCUT2D eigenvalue weighted by Gasteiger charge is 2.12. The van der Waals surface area contributed by atoms with E-state index in [1.165, 1.54) is 0 Å². The third-order valence-electron chi connectivity index (χ3n) is 2.39. The smallest absolute Gasteiger partial charge is 0.371 e. The van der Waals surface area contributed by atoms with Gasteiger partial charge in [0.25, 0.3) is 0 Å². The molecule has 17 heavy (non-hydrogen) atoms. The summed E-state index contributed by atoms with van der Waals surface area (Å²) in [5.74, 6) is -2.76. The first-order valence-corrected chi connectivity index (χ1v) is 6.38. The molecular weight excluding hydrogens is 235 g/mol. The van der Waals surface area contributed by atoms with Crippen molar-refractivity contribution in [3.63, 3.8) is 0 Å². The largest absolute Gasteiger partial charge is 0.502 e. The van der Waals surface area contributed by atoms with Crippen LogP contribution in [0.5, 0.6) is 0 Å². The molecule has 5 heteroatoms. The van der Waals surface area contributed by atoms with Gasteiger partial charge in [-0.15, -0.1) is 0 Å². The zero-order valence-corrected chi connectivity index (χ0v) is 11.5. The number of rotatable bonds is 5. The molecule has 0 aromatic heterocycles. The molecule has 1 rings (SSSR count). The highest BCUT2D eigenvalue weighted by Crippen LogP contribution is 2.16. The lowest BCUT2D eigenvalue weighted by Gasteiger charge is -2.09. The highest BCUT2D eigenvalue weighted by atomic mass is 27.0. The van der Waals surface area contributed by atoms with Crippen LogP contribution in [-0.4, -0.2) is 38.3 Å². The highest BCUT2D eigenvalue weighted by molar-refractivity contribution is 6.14. The summed E-state index contributed by atoms with van der Waals surface area (Å²) >= 11 is 0.792. The molecule has 1 atom stereocenters. The maximum absolute atomic E-state index is 11.5. The molecule has 0 fully saturated rings. The van der Waals surface area contributed by atoms with Crippen LogP contribution in [0.1, 0.15) is 16.8 Å². The van der Waals surface area contributed by atoms with Crippen molar-refractivity contribution in [3.8, 4) is 0 Å². The van der Waals surface area contributed by atoms with Crippen molar-refractivity contribution in [2.75, 3.05) is 0 Å². The average Bonchev–Trinajstić information content (AvgIpc) is 2.29. The summed E-state index contributed by atoms with van der Waals surface area (Å²) in [4.78, 5) is 21.8. The minimum atomic E-state index is -1.48. The predicted molar refractivity (Wildman–Crippen MR) is 65.7 cm³/mol. The first kappa shape index (κ1) is 13.5. The summed E-state index contributed by atoms with van der Waals surface area (Å²) in [5, 5.41) is 17.4. The van der Waals surface area contributed by atoms with Crippen LogP contribution in [0, 0.1) is 0 Å². The molecule has 1 unspecified atom stereocenters. The number of hydrogen-bond acceptors (Lipinski definition) is 3. The van der Waals surface area contributed by atoms with Gasteiger partial charge < -0.3 is 10.2 Å². The molecule has 0 saturated heterocycles. The van der Waals surface area contributed by atoms with Gasteiger partial charge in [0.05, 0.1) is 0 Å². The monoisotopic (exact) mass is 248 g/mol. The van der Waals surface area contributed by atoms with Crippen LogP contribution in [0.25, 0.3) is 0 Å². The van der Waals surface area contributed by atoms with E-state index < -0.39 is 11.7 Å². The Morgan fingerprint density at radius 3 is 2.35 bits per heavy atom. The van der Waals surface area contributed by atoms with Gasteiger partial charge in [0.15, 0.2) is 5.78 Å². The summed E-state index contributed by atoms with van der Waals surface area (Å²) in [6.07, 6.45) is 1.00. The molecule has 2 N–H and O–H groups in total. The molecule has 0 aliphatic rings. The number of ketones is 1. The van der Waals surface area contributed by atoms with Crippen LogP contribution in [0.2, 0.25) is 0 Å². The van der Waals surface area contributed by atoms with Gasteiger partial charge in [-0.1, -0.05) is 40.7 Å². The fourth-order valence-electron chi connectivity index (χ4n) is 1.47. The van der Waals surface area contributed by atoms with E-state index in [0.29, 0.717) is 0 Å². The van der Waals surface area contributed by atoms with E-state index >= 15 is 0 Å². The summed E-state index contributed by atoms with van der Waals surface area (Å²) in [6.45, 7) is 0. The van der Waals surface area contributed by atoms with Crippen LogP contribution in [0.15, 0.2) is 42.2 Å². The normalized spacial score (nSPS) is 13.1. The Morgan fingerprint density at radius 1 is 1.24 bits per heavy atom. The number of aliphatic hydroxyl groups excluding tert-OH is 1. The van der Waals surface area contributed by atoms with Crippen molar-refractivity contribution in [2.24, 2.45) is 0 Å². The van der Waals surface area contributed by atoms with Gasteiger partial charge in [-0.3, -0.25) is 4.79 Å². The molecule has 1 aromatic rings. The number of carboxylic acid groups (broad SMARTS) is 1. The van der Waals surface area contributed by atoms with Crippen LogP contribution in [-0.2, 0) is 9.59 Å². The number of carbonyl (C=O) groups excluding carboxylic acids is 1. The Balaban J connectivity index is 2.64. The van der Waals surface area contributed by atoms with Crippen molar-refractivity contribution in [1.82, 2.24) is 0 Å². The molecule has 0 heterocycles. The zero-order valence-electron chi connectivity index (χ0n) is 9.46. The molecule has 0 radical (unpaired) electrons. The molecular formula is C12H13AlO4. The van der Waals surface area contributed by atoms with E-state index in [1.807, 2.05) is 30.3 Å². The maximum atomic E-state index is 11.5. The summed E-state index contributed by atoms with van der Waals surface area (Å²) < 4.78 is 0.126. The Hall–Kier alpha value is -1.57. The van der Waals surface area contributed by atoms with Gasteiger partial charge >= 0.3 is 5.97 Å². The van der Waals surface area contributed by atoms with Crippen molar-refractivity contribution < 1.29 is 19.8 Å². The molecule has 0 aliphatic heterocycles. The molecule has 4 nitrogen and oxygen atoms in total. The standard InChI is InChI=1S/C12H11O4.Al.2H/c13-10(8-11(14)12(15)16)7-6-9-4-2-1-3-5-9;;;/h1-6,8,14H,7H2,(H,15,16);;;/b11-8-;;;. The third-order valence-corrected chi connectivity index (χ3v) is 3.47. The number of carboxylic acids is 1. The zero-order chi connectivity index (χ0) is 12.8. The van der Waals surface area contributed by atoms with Gasteiger partial charge in [0, 0.05) is 12.5 Å².